The second-order valence-corrected chi connectivity index (χ2v) is 9.06. The van der Waals surface area contributed by atoms with Crippen LogP contribution in [0.15, 0.2) is 36.8 Å². The minimum atomic E-state index is 0.452. The summed E-state index contributed by atoms with van der Waals surface area (Å²) in [6.45, 7) is 2.05. The Hall–Kier alpha value is -1.82. The molecule has 152 valence electrons. The average molecular weight is 430 g/mol. The first-order valence-electron chi connectivity index (χ1n) is 10.3. The smallest absolute Gasteiger partial charge is 0.211 e. The van der Waals surface area contributed by atoms with Gasteiger partial charge in [0.05, 0.1) is 10.0 Å². The number of hydrogen-bond donors (Lipinski definition) is 1. The Morgan fingerprint density at radius 1 is 1.10 bits per heavy atom. The van der Waals surface area contributed by atoms with Gasteiger partial charge in [0.2, 0.25) is 5.95 Å². The van der Waals surface area contributed by atoms with E-state index < -0.39 is 0 Å². The topological polar surface area (TPSA) is 45.5 Å². The monoisotopic (exact) mass is 429 g/mol. The molecule has 5 rings (SSSR count). The van der Waals surface area contributed by atoms with Crippen LogP contribution in [0.1, 0.15) is 32.1 Å². The highest BCUT2D eigenvalue weighted by Gasteiger charge is 2.44. The number of halogens is 2. The van der Waals surface area contributed by atoms with E-state index in [1.807, 2.05) is 30.7 Å². The van der Waals surface area contributed by atoms with Crippen molar-refractivity contribution in [2.75, 3.05) is 25.0 Å². The number of rotatable bonds is 3. The van der Waals surface area contributed by atoms with Gasteiger partial charge in [-0.1, -0.05) is 41.8 Å². The van der Waals surface area contributed by atoms with Gasteiger partial charge in [0.15, 0.2) is 0 Å². The number of imidazole rings is 1. The summed E-state index contributed by atoms with van der Waals surface area (Å²) in [7, 11) is 2.11. The van der Waals surface area contributed by atoms with Gasteiger partial charge in [-0.15, -0.1) is 0 Å². The lowest BCUT2D eigenvalue weighted by molar-refractivity contribution is 0.177. The molecule has 0 unspecified atom stereocenters. The van der Waals surface area contributed by atoms with E-state index in [2.05, 4.69) is 26.6 Å². The van der Waals surface area contributed by atoms with Gasteiger partial charge in [-0.25, -0.2) is 9.97 Å². The zero-order valence-electron chi connectivity index (χ0n) is 16.5. The number of fused-ring (bicyclic) bond motifs is 1. The summed E-state index contributed by atoms with van der Waals surface area (Å²) in [4.78, 5) is 11.8. The normalized spacial score (nSPS) is 21.3. The molecule has 0 bridgehead atoms. The fourth-order valence-electron chi connectivity index (χ4n) is 5.38. The quantitative estimate of drug-likeness (QED) is 0.631. The molecule has 1 saturated carbocycles. The molecule has 1 aromatic carbocycles. The Kier molecular flexibility index (Phi) is 4.93. The van der Waals surface area contributed by atoms with Crippen LogP contribution < -0.4 is 10.2 Å². The summed E-state index contributed by atoms with van der Waals surface area (Å²) in [6, 6.07) is 6.31. The Labute approximate surface area is 181 Å². The number of aromatic nitrogens is 3. The first-order chi connectivity index (χ1) is 14.1. The fourth-order valence-corrected chi connectivity index (χ4v) is 5.78. The zero-order valence-corrected chi connectivity index (χ0v) is 18.0. The van der Waals surface area contributed by atoms with Gasteiger partial charge in [-0.3, -0.25) is 4.40 Å². The SMILES string of the molecule is CN[C@@H]1CCCC12CCN(c1ncc(-c3cccc(Cl)c3Cl)c3nccn13)CC2. The van der Waals surface area contributed by atoms with E-state index in [-0.39, 0.29) is 0 Å². The highest BCUT2D eigenvalue weighted by Crippen LogP contribution is 2.47. The minimum Gasteiger partial charge on any atom is -0.342 e. The van der Waals surface area contributed by atoms with Crippen LogP contribution in [0.4, 0.5) is 5.95 Å². The molecule has 1 N–H and O–H groups in total. The third-order valence-electron chi connectivity index (χ3n) is 6.95. The molecule has 1 aliphatic carbocycles. The largest absolute Gasteiger partial charge is 0.342 e. The zero-order chi connectivity index (χ0) is 20.0. The minimum absolute atomic E-state index is 0.452. The Balaban J connectivity index is 1.47. The molecule has 2 aliphatic rings. The van der Waals surface area contributed by atoms with Gasteiger partial charge in [0.1, 0.15) is 5.65 Å². The molecule has 29 heavy (non-hydrogen) atoms. The highest BCUT2D eigenvalue weighted by molar-refractivity contribution is 6.43. The number of hydrogen-bond acceptors (Lipinski definition) is 4. The fraction of sp³-hybridized carbons (Fsp3) is 0.455. The molecular formula is C22H25Cl2N5. The standard InChI is InChI=1S/C22H25Cl2N5/c1-25-18-6-3-7-22(18)8-11-28(12-9-22)21-27-14-16(20-26-10-13-29(20)21)15-4-2-5-17(23)19(15)24/h2,4-5,10,13-14,18,25H,3,6-9,11-12H2,1H3/t18-/m1/s1. The van der Waals surface area contributed by atoms with E-state index >= 15 is 0 Å². The number of benzene rings is 1. The predicted octanol–water partition coefficient (Wildman–Crippen LogP) is 5.06. The molecular weight excluding hydrogens is 405 g/mol. The van der Waals surface area contributed by atoms with Crippen molar-refractivity contribution in [1.29, 1.82) is 0 Å². The summed E-state index contributed by atoms with van der Waals surface area (Å²) in [5.41, 5.74) is 3.06. The molecule has 1 aliphatic heterocycles. The van der Waals surface area contributed by atoms with Crippen LogP contribution >= 0.6 is 23.2 Å². The maximum atomic E-state index is 6.47. The summed E-state index contributed by atoms with van der Waals surface area (Å²) in [5.74, 6) is 0.952. The first-order valence-corrected chi connectivity index (χ1v) is 11.1. The first kappa shape index (κ1) is 19.2. The molecule has 1 atom stereocenters. The van der Waals surface area contributed by atoms with Crippen LogP contribution in [0.5, 0.6) is 0 Å². The molecule has 7 heteroatoms. The second-order valence-electron chi connectivity index (χ2n) is 8.28. The van der Waals surface area contributed by atoms with Gasteiger partial charge in [-0.05, 0) is 44.2 Å². The third kappa shape index (κ3) is 3.11. The molecule has 2 aromatic heterocycles. The van der Waals surface area contributed by atoms with Gasteiger partial charge in [-0.2, -0.15) is 0 Å². The van der Waals surface area contributed by atoms with Crippen molar-refractivity contribution in [1.82, 2.24) is 19.7 Å². The van der Waals surface area contributed by atoms with Crippen molar-refractivity contribution in [2.24, 2.45) is 5.41 Å². The van der Waals surface area contributed by atoms with Gasteiger partial charge in [0, 0.05) is 48.8 Å². The molecule has 0 amide bonds. The van der Waals surface area contributed by atoms with Crippen molar-refractivity contribution in [2.45, 2.75) is 38.1 Å². The van der Waals surface area contributed by atoms with Crippen LogP contribution in [-0.2, 0) is 0 Å². The van der Waals surface area contributed by atoms with Gasteiger partial charge < -0.3 is 10.2 Å². The van der Waals surface area contributed by atoms with E-state index in [0.29, 0.717) is 21.5 Å². The van der Waals surface area contributed by atoms with Crippen LogP contribution in [-0.4, -0.2) is 40.5 Å². The van der Waals surface area contributed by atoms with Gasteiger partial charge >= 0.3 is 0 Å². The maximum Gasteiger partial charge on any atom is 0.211 e. The lowest BCUT2D eigenvalue weighted by atomic mass is 9.74. The molecule has 0 radical (unpaired) electrons. The third-order valence-corrected chi connectivity index (χ3v) is 7.76. The second kappa shape index (κ2) is 7.46. The summed E-state index contributed by atoms with van der Waals surface area (Å²) in [5, 5.41) is 4.64. The number of piperidine rings is 1. The molecule has 3 heterocycles. The molecule has 1 spiro atoms. The van der Waals surface area contributed by atoms with E-state index in [9.17, 15) is 0 Å². The highest BCUT2D eigenvalue weighted by atomic mass is 35.5. The molecule has 2 fully saturated rings. The lowest BCUT2D eigenvalue weighted by Crippen LogP contribution is -2.48. The molecule has 5 nitrogen and oxygen atoms in total. The van der Waals surface area contributed by atoms with Crippen LogP contribution in [0, 0.1) is 5.41 Å². The van der Waals surface area contributed by atoms with Gasteiger partial charge in [0.25, 0.3) is 0 Å². The van der Waals surface area contributed by atoms with Crippen molar-refractivity contribution in [3.05, 3.63) is 46.8 Å². The van der Waals surface area contributed by atoms with Crippen LogP contribution in [0.25, 0.3) is 16.8 Å². The summed E-state index contributed by atoms with van der Waals surface area (Å²) >= 11 is 12.7. The van der Waals surface area contributed by atoms with Crippen LogP contribution in [0.3, 0.4) is 0 Å². The van der Waals surface area contributed by atoms with E-state index in [1.54, 1.807) is 6.07 Å². The van der Waals surface area contributed by atoms with E-state index in [1.165, 1.54) is 32.1 Å². The lowest BCUT2D eigenvalue weighted by Gasteiger charge is -2.43. The number of nitrogens with zero attached hydrogens (tertiary/aromatic N) is 4. The predicted molar refractivity (Wildman–Crippen MR) is 119 cm³/mol. The summed E-state index contributed by atoms with van der Waals surface area (Å²) in [6.07, 6.45) is 12.1. The van der Waals surface area contributed by atoms with Crippen molar-refractivity contribution < 1.29 is 0 Å². The molecule has 1 saturated heterocycles. The Morgan fingerprint density at radius 3 is 2.72 bits per heavy atom. The maximum absolute atomic E-state index is 6.47. The summed E-state index contributed by atoms with van der Waals surface area (Å²) < 4.78 is 2.08. The van der Waals surface area contributed by atoms with Crippen molar-refractivity contribution in [3.63, 3.8) is 0 Å². The Bertz CT molecular complexity index is 1040. The van der Waals surface area contributed by atoms with Crippen molar-refractivity contribution in [3.8, 4) is 11.1 Å². The van der Waals surface area contributed by atoms with Crippen molar-refractivity contribution >= 4 is 34.8 Å². The van der Waals surface area contributed by atoms with Crippen LogP contribution in [0.2, 0.25) is 10.0 Å². The number of nitrogens with one attached hydrogen (secondary N) is 1. The Morgan fingerprint density at radius 2 is 1.93 bits per heavy atom. The average Bonchev–Trinajstić information content (AvgIpc) is 3.38. The number of anilines is 1. The van der Waals surface area contributed by atoms with E-state index in [0.717, 1.165) is 35.8 Å². The van der Waals surface area contributed by atoms with E-state index in [4.69, 9.17) is 28.2 Å². The molecule has 3 aromatic rings.